The van der Waals surface area contributed by atoms with Crippen LogP contribution in [0.25, 0.3) is 0 Å². The first-order valence-electron chi connectivity index (χ1n) is 10.3. The topological polar surface area (TPSA) is 32.3 Å². The van der Waals surface area contributed by atoms with Gasteiger partial charge >= 0.3 is 0 Å². The molecule has 0 bridgehead atoms. The molecule has 23 heavy (non-hydrogen) atoms. The molecular weight excluding hydrogens is 284 g/mol. The van der Waals surface area contributed by atoms with Gasteiger partial charge in [-0.25, -0.2) is 5.01 Å². The van der Waals surface area contributed by atoms with Crippen molar-refractivity contribution in [2.45, 2.75) is 111 Å². The second-order valence-corrected chi connectivity index (χ2v) is 6.70. The van der Waals surface area contributed by atoms with Gasteiger partial charge in [0, 0.05) is 19.5 Å². The third-order valence-corrected chi connectivity index (χ3v) is 4.55. The molecule has 138 valence electrons. The Morgan fingerprint density at radius 1 is 0.652 bits per heavy atom. The van der Waals surface area contributed by atoms with E-state index in [1.165, 1.54) is 77.0 Å². The SMILES string of the molecule is CCCCCCCCCCCCCCCC(=O)NN(CC)CC. The fourth-order valence-corrected chi connectivity index (χ4v) is 2.92. The normalized spacial score (nSPS) is 11.1. The van der Waals surface area contributed by atoms with Gasteiger partial charge in [0.2, 0.25) is 5.91 Å². The number of hydrogen-bond donors (Lipinski definition) is 1. The largest absolute Gasteiger partial charge is 0.289 e. The van der Waals surface area contributed by atoms with Crippen LogP contribution in [0.5, 0.6) is 0 Å². The molecule has 0 rings (SSSR count). The van der Waals surface area contributed by atoms with E-state index in [2.05, 4.69) is 26.2 Å². The van der Waals surface area contributed by atoms with Gasteiger partial charge in [0.05, 0.1) is 0 Å². The molecule has 3 heteroatoms. The lowest BCUT2D eigenvalue weighted by Crippen LogP contribution is -2.41. The third kappa shape index (κ3) is 16.1. The van der Waals surface area contributed by atoms with Crippen LogP contribution in [0.3, 0.4) is 0 Å². The zero-order chi connectivity index (χ0) is 17.2. The molecule has 0 saturated heterocycles. The molecule has 0 aliphatic rings. The summed E-state index contributed by atoms with van der Waals surface area (Å²) in [4.78, 5) is 11.7. The van der Waals surface area contributed by atoms with Crippen molar-refractivity contribution in [3.63, 3.8) is 0 Å². The monoisotopic (exact) mass is 326 g/mol. The Morgan fingerprint density at radius 3 is 1.43 bits per heavy atom. The van der Waals surface area contributed by atoms with Crippen molar-refractivity contribution in [3.05, 3.63) is 0 Å². The summed E-state index contributed by atoms with van der Waals surface area (Å²) in [6, 6.07) is 0. The van der Waals surface area contributed by atoms with E-state index < -0.39 is 0 Å². The van der Waals surface area contributed by atoms with Crippen LogP contribution in [0.2, 0.25) is 0 Å². The summed E-state index contributed by atoms with van der Waals surface area (Å²) in [6.45, 7) is 8.16. The Balaban J connectivity index is 3.20. The van der Waals surface area contributed by atoms with Crippen LogP contribution < -0.4 is 5.43 Å². The first-order chi connectivity index (χ1) is 11.2. The lowest BCUT2D eigenvalue weighted by molar-refractivity contribution is -0.125. The predicted octanol–water partition coefficient (Wildman–Crippen LogP) is 5.84. The van der Waals surface area contributed by atoms with Crippen LogP contribution in [-0.4, -0.2) is 24.0 Å². The minimum Gasteiger partial charge on any atom is -0.289 e. The minimum absolute atomic E-state index is 0.178. The van der Waals surface area contributed by atoms with Crippen molar-refractivity contribution in [1.29, 1.82) is 0 Å². The maximum absolute atomic E-state index is 11.7. The van der Waals surface area contributed by atoms with Crippen LogP contribution in [0, 0.1) is 0 Å². The third-order valence-electron chi connectivity index (χ3n) is 4.55. The fourth-order valence-electron chi connectivity index (χ4n) is 2.92. The summed E-state index contributed by atoms with van der Waals surface area (Å²) in [7, 11) is 0. The lowest BCUT2D eigenvalue weighted by atomic mass is 10.0. The molecule has 1 N–H and O–H groups in total. The summed E-state index contributed by atoms with van der Waals surface area (Å²) in [5.74, 6) is 0.178. The van der Waals surface area contributed by atoms with Gasteiger partial charge in [0.15, 0.2) is 0 Å². The van der Waals surface area contributed by atoms with Gasteiger partial charge in [0.25, 0.3) is 0 Å². The first-order valence-corrected chi connectivity index (χ1v) is 10.3. The number of carbonyl (C=O) groups is 1. The highest BCUT2D eigenvalue weighted by Crippen LogP contribution is 2.12. The Bertz CT molecular complexity index is 252. The maximum Gasteiger partial charge on any atom is 0.234 e. The molecule has 3 nitrogen and oxygen atoms in total. The van der Waals surface area contributed by atoms with E-state index in [-0.39, 0.29) is 5.91 Å². The van der Waals surface area contributed by atoms with Gasteiger partial charge in [-0.1, -0.05) is 97.8 Å². The van der Waals surface area contributed by atoms with Crippen molar-refractivity contribution in [3.8, 4) is 0 Å². The number of nitrogens with zero attached hydrogens (tertiary/aromatic N) is 1. The Kier molecular flexibility index (Phi) is 17.3. The Hall–Kier alpha value is -0.570. The molecule has 0 fully saturated rings. The Labute approximate surface area is 145 Å². The van der Waals surface area contributed by atoms with Gasteiger partial charge in [0.1, 0.15) is 0 Å². The number of unbranched alkanes of at least 4 members (excludes halogenated alkanes) is 12. The number of carbonyl (C=O) groups excluding carboxylic acids is 1. The van der Waals surface area contributed by atoms with Crippen LogP contribution in [0.15, 0.2) is 0 Å². The van der Waals surface area contributed by atoms with E-state index in [0.29, 0.717) is 6.42 Å². The molecule has 0 aromatic heterocycles. The number of hydrazine groups is 1. The average Bonchev–Trinajstić information content (AvgIpc) is 2.56. The molecule has 0 spiro atoms. The van der Waals surface area contributed by atoms with Crippen molar-refractivity contribution in [1.82, 2.24) is 10.4 Å². The van der Waals surface area contributed by atoms with E-state index in [1.807, 2.05) is 5.01 Å². The van der Waals surface area contributed by atoms with Crippen LogP contribution in [0.4, 0.5) is 0 Å². The number of hydrogen-bond acceptors (Lipinski definition) is 2. The number of amides is 1. The van der Waals surface area contributed by atoms with Crippen LogP contribution in [0.1, 0.15) is 111 Å². The zero-order valence-corrected chi connectivity index (χ0v) is 16.2. The molecule has 0 aliphatic heterocycles. The molecule has 0 radical (unpaired) electrons. The Morgan fingerprint density at radius 2 is 1.04 bits per heavy atom. The molecule has 0 aromatic rings. The molecule has 0 aliphatic carbocycles. The molecule has 0 heterocycles. The first kappa shape index (κ1) is 22.4. The predicted molar refractivity (Wildman–Crippen MR) is 101 cm³/mol. The summed E-state index contributed by atoms with van der Waals surface area (Å²) in [5.41, 5.74) is 2.95. The van der Waals surface area contributed by atoms with E-state index in [1.54, 1.807) is 0 Å². The second-order valence-electron chi connectivity index (χ2n) is 6.70. The van der Waals surface area contributed by atoms with E-state index in [9.17, 15) is 4.79 Å². The molecule has 0 unspecified atom stereocenters. The van der Waals surface area contributed by atoms with Crippen molar-refractivity contribution in [2.24, 2.45) is 0 Å². The van der Waals surface area contributed by atoms with Crippen LogP contribution >= 0.6 is 0 Å². The quantitative estimate of drug-likeness (QED) is 0.269. The molecule has 1 amide bonds. The zero-order valence-electron chi connectivity index (χ0n) is 16.2. The summed E-state index contributed by atoms with van der Waals surface area (Å²) < 4.78 is 0. The summed E-state index contributed by atoms with van der Waals surface area (Å²) in [6.07, 6.45) is 18.2. The second kappa shape index (κ2) is 17.8. The van der Waals surface area contributed by atoms with Gasteiger partial charge in [-0.3, -0.25) is 10.2 Å². The van der Waals surface area contributed by atoms with E-state index >= 15 is 0 Å². The van der Waals surface area contributed by atoms with Crippen molar-refractivity contribution < 1.29 is 4.79 Å². The van der Waals surface area contributed by atoms with Crippen LogP contribution in [-0.2, 0) is 4.79 Å². The average molecular weight is 327 g/mol. The standard InChI is InChI=1S/C20H42N2O/c1-4-7-8-9-10-11-12-13-14-15-16-17-18-19-20(23)21-22(5-2)6-3/h4-19H2,1-3H3,(H,21,23). The molecule has 0 aromatic carbocycles. The van der Waals surface area contributed by atoms with Crippen molar-refractivity contribution in [2.75, 3.05) is 13.1 Å². The van der Waals surface area contributed by atoms with Gasteiger partial charge in [-0.2, -0.15) is 0 Å². The number of nitrogens with one attached hydrogen (secondary N) is 1. The molecular formula is C20H42N2O. The smallest absolute Gasteiger partial charge is 0.234 e. The van der Waals surface area contributed by atoms with E-state index in [0.717, 1.165) is 19.5 Å². The highest BCUT2D eigenvalue weighted by Gasteiger charge is 2.04. The van der Waals surface area contributed by atoms with E-state index in [4.69, 9.17) is 0 Å². The maximum atomic E-state index is 11.7. The van der Waals surface area contributed by atoms with Gasteiger partial charge in [-0.05, 0) is 6.42 Å². The summed E-state index contributed by atoms with van der Waals surface area (Å²) >= 11 is 0. The highest BCUT2D eigenvalue weighted by molar-refractivity contribution is 5.75. The lowest BCUT2D eigenvalue weighted by Gasteiger charge is -2.19. The minimum atomic E-state index is 0.178. The highest BCUT2D eigenvalue weighted by atomic mass is 16.2. The summed E-state index contributed by atoms with van der Waals surface area (Å²) in [5, 5.41) is 1.96. The van der Waals surface area contributed by atoms with Gasteiger partial charge in [-0.15, -0.1) is 0 Å². The van der Waals surface area contributed by atoms with Gasteiger partial charge < -0.3 is 0 Å². The number of rotatable bonds is 17. The van der Waals surface area contributed by atoms with Crippen molar-refractivity contribution >= 4 is 5.91 Å². The fraction of sp³-hybridized carbons (Fsp3) is 0.950. The molecule has 0 atom stereocenters. The molecule has 0 saturated carbocycles.